The Balaban J connectivity index is 2.29. The van der Waals surface area contributed by atoms with Crippen molar-refractivity contribution in [2.45, 2.75) is 71.9 Å². The van der Waals surface area contributed by atoms with Crippen LogP contribution in [-0.2, 0) is 4.74 Å². The van der Waals surface area contributed by atoms with Gasteiger partial charge in [-0.05, 0) is 47.5 Å². The number of aryl methyl sites for hydroxylation is 2. The molecule has 1 aromatic heterocycles. The van der Waals surface area contributed by atoms with E-state index in [0.717, 1.165) is 49.2 Å². The molecule has 1 unspecified atom stereocenters. The monoisotopic (exact) mass is 293 g/mol. The second-order valence-electron chi connectivity index (χ2n) is 6.89. The first-order valence-corrected chi connectivity index (χ1v) is 7.80. The summed E-state index contributed by atoms with van der Waals surface area (Å²) in [4.78, 5) is 14.5. The molecular weight excluding hydrogens is 266 g/mol. The Hall–Kier alpha value is -1.52. The van der Waals surface area contributed by atoms with Crippen LogP contribution in [0.5, 0.6) is 0 Å². The molecule has 1 fully saturated rings. The molecule has 21 heavy (non-hydrogen) atoms. The van der Waals surface area contributed by atoms with E-state index in [0.29, 0.717) is 0 Å². The van der Waals surface area contributed by atoms with Gasteiger partial charge in [-0.15, -0.1) is 0 Å². The van der Waals surface area contributed by atoms with Gasteiger partial charge in [0.2, 0.25) is 0 Å². The molecule has 0 bridgehead atoms. The largest absolute Gasteiger partial charge is 0.444 e. The number of nitrogens with one attached hydrogen (secondary N) is 1. The van der Waals surface area contributed by atoms with Gasteiger partial charge in [0.25, 0.3) is 0 Å². The van der Waals surface area contributed by atoms with E-state index in [9.17, 15) is 4.79 Å². The standard InChI is InChI=1S/C16H27N3O2/c1-11-14(12(2)18-17-11)13-9-7-6-8-10-19(13)15(20)21-16(3,4)5/h13H,6-10H2,1-5H3,(H,17,18). The van der Waals surface area contributed by atoms with Crippen LogP contribution in [0.2, 0.25) is 0 Å². The van der Waals surface area contributed by atoms with Gasteiger partial charge in [-0.3, -0.25) is 5.10 Å². The molecule has 1 amide bonds. The minimum atomic E-state index is -0.464. The summed E-state index contributed by atoms with van der Waals surface area (Å²) in [6.45, 7) is 10.5. The van der Waals surface area contributed by atoms with Gasteiger partial charge in [0, 0.05) is 17.8 Å². The molecule has 1 N–H and O–H groups in total. The van der Waals surface area contributed by atoms with Crippen molar-refractivity contribution in [3.8, 4) is 0 Å². The van der Waals surface area contributed by atoms with Crippen LogP contribution < -0.4 is 0 Å². The van der Waals surface area contributed by atoms with Crippen LogP contribution in [0.3, 0.4) is 0 Å². The van der Waals surface area contributed by atoms with E-state index >= 15 is 0 Å². The maximum absolute atomic E-state index is 12.6. The highest BCUT2D eigenvalue weighted by Gasteiger charge is 2.32. The van der Waals surface area contributed by atoms with Gasteiger partial charge in [-0.2, -0.15) is 5.10 Å². The average molecular weight is 293 g/mol. The molecule has 5 nitrogen and oxygen atoms in total. The van der Waals surface area contributed by atoms with Crippen molar-refractivity contribution in [3.05, 3.63) is 17.0 Å². The Kier molecular flexibility index (Phi) is 4.59. The predicted molar refractivity (Wildman–Crippen MR) is 82.2 cm³/mol. The van der Waals surface area contributed by atoms with Crippen molar-refractivity contribution in [1.29, 1.82) is 0 Å². The highest BCUT2D eigenvalue weighted by atomic mass is 16.6. The Morgan fingerprint density at radius 2 is 2.00 bits per heavy atom. The topological polar surface area (TPSA) is 58.2 Å². The molecule has 0 aliphatic carbocycles. The number of amides is 1. The summed E-state index contributed by atoms with van der Waals surface area (Å²) >= 11 is 0. The summed E-state index contributed by atoms with van der Waals surface area (Å²) < 4.78 is 5.60. The number of carbonyl (C=O) groups is 1. The number of rotatable bonds is 1. The molecule has 1 atom stereocenters. The van der Waals surface area contributed by atoms with E-state index < -0.39 is 5.60 Å². The van der Waals surface area contributed by atoms with Crippen LogP contribution in [0.25, 0.3) is 0 Å². The third-order valence-corrected chi connectivity index (χ3v) is 3.90. The molecule has 0 radical (unpaired) electrons. The lowest BCUT2D eigenvalue weighted by Crippen LogP contribution is -2.39. The van der Waals surface area contributed by atoms with Crippen LogP contribution in [-0.4, -0.2) is 33.3 Å². The maximum Gasteiger partial charge on any atom is 0.410 e. The fourth-order valence-corrected chi connectivity index (χ4v) is 3.00. The predicted octanol–water partition coefficient (Wildman–Crippen LogP) is 3.88. The molecule has 0 spiro atoms. The van der Waals surface area contributed by atoms with Crippen LogP contribution in [0.1, 0.15) is 69.4 Å². The Labute approximate surface area is 127 Å². The number of hydrogen-bond acceptors (Lipinski definition) is 3. The Morgan fingerprint density at radius 1 is 1.29 bits per heavy atom. The quantitative estimate of drug-likeness (QED) is 0.855. The normalized spacial score (nSPS) is 20.2. The number of nitrogens with zero attached hydrogens (tertiary/aromatic N) is 2. The molecule has 2 heterocycles. The smallest absolute Gasteiger partial charge is 0.410 e. The number of likely N-dealkylation sites (tertiary alicyclic amines) is 1. The van der Waals surface area contributed by atoms with Gasteiger partial charge in [-0.25, -0.2) is 4.79 Å². The van der Waals surface area contributed by atoms with E-state index in [4.69, 9.17) is 4.74 Å². The van der Waals surface area contributed by atoms with Crippen molar-refractivity contribution in [2.75, 3.05) is 6.54 Å². The van der Waals surface area contributed by atoms with E-state index in [-0.39, 0.29) is 12.1 Å². The molecule has 5 heteroatoms. The Morgan fingerprint density at radius 3 is 2.57 bits per heavy atom. The highest BCUT2D eigenvalue weighted by molar-refractivity contribution is 5.69. The number of hydrogen-bond donors (Lipinski definition) is 1. The number of aromatic nitrogens is 2. The molecule has 118 valence electrons. The van der Waals surface area contributed by atoms with Crippen LogP contribution in [0.15, 0.2) is 0 Å². The zero-order valence-electron chi connectivity index (χ0n) is 13.8. The lowest BCUT2D eigenvalue weighted by Gasteiger charge is -2.32. The van der Waals surface area contributed by atoms with E-state index in [1.807, 2.05) is 39.5 Å². The summed E-state index contributed by atoms with van der Waals surface area (Å²) in [5, 5.41) is 7.32. The first-order valence-electron chi connectivity index (χ1n) is 7.80. The van der Waals surface area contributed by atoms with Gasteiger partial charge < -0.3 is 9.64 Å². The van der Waals surface area contributed by atoms with Crippen molar-refractivity contribution in [1.82, 2.24) is 15.1 Å². The minimum Gasteiger partial charge on any atom is -0.444 e. The van der Waals surface area contributed by atoms with Gasteiger partial charge in [0.05, 0.1) is 11.7 Å². The number of H-pyrrole nitrogens is 1. The lowest BCUT2D eigenvalue weighted by atomic mass is 9.99. The van der Waals surface area contributed by atoms with Gasteiger partial charge in [0.1, 0.15) is 5.60 Å². The van der Waals surface area contributed by atoms with Crippen LogP contribution >= 0.6 is 0 Å². The zero-order valence-corrected chi connectivity index (χ0v) is 13.8. The third kappa shape index (κ3) is 3.77. The highest BCUT2D eigenvalue weighted by Crippen LogP contribution is 2.34. The van der Waals surface area contributed by atoms with E-state index in [1.165, 1.54) is 0 Å². The molecule has 0 saturated carbocycles. The molecule has 1 saturated heterocycles. The molecule has 1 aliphatic rings. The number of carbonyl (C=O) groups excluding carboxylic acids is 1. The van der Waals surface area contributed by atoms with E-state index in [2.05, 4.69) is 10.2 Å². The summed E-state index contributed by atoms with van der Waals surface area (Å²) in [5.41, 5.74) is 2.72. The SMILES string of the molecule is Cc1n[nH]c(C)c1C1CCCCCN1C(=O)OC(C)(C)C. The first kappa shape index (κ1) is 15.9. The first-order chi connectivity index (χ1) is 9.79. The summed E-state index contributed by atoms with van der Waals surface area (Å²) in [7, 11) is 0. The van der Waals surface area contributed by atoms with Crippen molar-refractivity contribution >= 4 is 6.09 Å². The zero-order chi connectivity index (χ0) is 15.6. The third-order valence-electron chi connectivity index (χ3n) is 3.90. The molecule has 2 rings (SSSR count). The lowest BCUT2D eigenvalue weighted by molar-refractivity contribution is 0.0162. The van der Waals surface area contributed by atoms with Gasteiger partial charge in [-0.1, -0.05) is 12.8 Å². The maximum atomic E-state index is 12.6. The second kappa shape index (κ2) is 6.08. The molecular formula is C16H27N3O2. The molecule has 1 aromatic rings. The Bertz CT molecular complexity index is 483. The van der Waals surface area contributed by atoms with Crippen LogP contribution in [0.4, 0.5) is 4.79 Å². The molecule has 1 aliphatic heterocycles. The van der Waals surface area contributed by atoms with Gasteiger partial charge >= 0.3 is 6.09 Å². The second-order valence-corrected chi connectivity index (χ2v) is 6.89. The van der Waals surface area contributed by atoms with Crippen molar-refractivity contribution < 1.29 is 9.53 Å². The van der Waals surface area contributed by atoms with Crippen LogP contribution in [0, 0.1) is 13.8 Å². The summed E-state index contributed by atoms with van der Waals surface area (Å²) in [6, 6.07) is 0.0705. The number of aromatic amines is 1. The summed E-state index contributed by atoms with van der Waals surface area (Å²) in [5.74, 6) is 0. The molecule has 0 aromatic carbocycles. The average Bonchev–Trinajstić information content (AvgIpc) is 2.59. The van der Waals surface area contributed by atoms with Crippen molar-refractivity contribution in [3.63, 3.8) is 0 Å². The summed E-state index contributed by atoms with van der Waals surface area (Å²) in [6.07, 6.45) is 4.08. The number of ether oxygens (including phenoxy) is 1. The van der Waals surface area contributed by atoms with E-state index in [1.54, 1.807) is 0 Å². The van der Waals surface area contributed by atoms with Gasteiger partial charge in [0.15, 0.2) is 0 Å². The fourth-order valence-electron chi connectivity index (χ4n) is 3.00. The fraction of sp³-hybridized carbons (Fsp3) is 0.750. The van der Waals surface area contributed by atoms with Crippen molar-refractivity contribution in [2.24, 2.45) is 0 Å². The minimum absolute atomic E-state index is 0.0705.